The highest BCUT2D eigenvalue weighted by Crippen LogP contribution is 2.28. The minimum absolute atomic E-state index is 0.0342. The monoisotopic (exact) mass is 222 g/mol. The standard InChI is InChI=1S/C12H12F2N2/c13-10-5-4-9(6-11(10)14)16-12-3-1-2-8(12)7-15/h4-6,8,12,16H,1-3H2. The van der Waals surface area contributed by atoms with Crippen LogP contribution in [0.5, 0.6) is 0 Å². The van der Waals surface area contributed by atoms with E-state index in [4.69, 9.17) is 5.26 Å². The van der Waals surface area contributed by atoms with Crippen molar-refractivity contribution in [2.45, 2.75) is 25.3 Å². The Hall–Kier alpha value is -1.63. The highest BCUT2D eigenvalue weighted by Gasteiger charge is 2.26. The van der Waals surface area contributed by atoms with Gasteiger partial charge in [0.05, 0.1) is 12.0 Å². The zero-order valence-corrected chi connectivity index (χ0v) is 8.71. The molecule has 0 bridgehead atoms. The Kier molecular flexibility index (Phi) is 3.04. The summed E-state index contributed by atoms with van der Waals surface area (Å²) in [4.78, 5) is 0. The van der Waals surface area contributed by atoms with Crippen LogP contribution in [-0.4, -0.2) is 6.04 Å². The predicted molar refractivity (Wildman–Crippen MR) is 56.7 cm³/mol. The molecule has 2 nitrogen and oxygen atoms in total. The highest BCUT2D eigenvalue weighted by molar-refractivity contribution is 5.45. The first-order valence-corrected chi connectivity index (χ1v) is 5.32. The van der Waals surface area contributed by atoms with Gasteiger partial charge in [0.15, 0.2) is 11.6 Å². The van der Waals surface area contributed by atoms with Gasteiger partial charge in [-0.2, -0.15) is 5.26 Å². The molecule has 0 saturated heterocycles. The van der Waals surface area contributed by atoms with E-state index in [2.05, 4.69) is 11.4 Å². The number of halogens is 2. The van der Waals surface area contributed by atoms with Crippen molar-refractivity contribution in [3.63, 3.8) is 0 Å². The van der Waals surface area contributed by atoms with Gasteiger partial charge < -0.3 is 5.32 Å². The third-order valence-electron chi connectivity index (χ3n) is 2.95. The lowest BCUT2D eigenvalue weighted by Crippen LogP contribution is -2.22. The molecule has 2 atom stereocenters. The van der Waals surface area contributed by atoms with Crippen LogP contribution >= 0.6 is 0 Å². The third kappa shape index (κ3) is 2.13. The van der Waals surface area contributed by atoms with Crippen LogP contribution in [0.4, 0.5) is 14.5 Å². The van der Waals surface area contributed by atoms with E-state index in [1.807, 2.05) is 0 Å². The van der Waals surface area contributed by atoms with Gasteiger partial charge in [0, 0.05) is 17.8 Å². The molecule has 1 aliphatic carbocycles. The summed E-state index contributed by atoms with van der Waals surface area (Å²) in [6.07, 6.45) is 2.77. The molecule has 0 aromatic heterocycles. The Morgan fingerprint density at radius 2 is 2.06 bits per heavy atom. The number of hydrogen-bond donors (Lipinski definition) is 1. The fourth-order valence-electron chi connectivity index (χ4n) is 2.09. The van der Waals surface area contributed by atoms with E-state index in [1.165, 1.54) is 6.07 Å². The summed E-state index contributed by atoms with van der Waals surface area (Å²) >= 11 is 0. The van der Waals surface area contributed by atoms with E-state index in [0.717, 1.165) is 31.4 Å². The first kappa shape index (κ1) is 10.9. The molecule has 16 heavy (non-hydrogen) atoms. The number of nitrogens with zero attached hydrogens (tertiary/aromatic N) is 1. The SMILES string of the molecule is N#CC1CCCC1Nc1ccc(F)c(F)c1. The predicted octanol–water partition coefficient (Wildman–Crippen LogP) is 3.07. The van der Waals surface area contributed by atoms with Crippen LogP contribution in [0.1, 0.15) is 19.3 Å². The molecule has 1 aliphatic rings. The van der Waals surface area contributed by atoms with Crippen LogP contribution in [0.2, 0.25) is 0 Å². The number of rotatable bonds is 2. The summed E-state index contributed by atoms with van der Waals surface area (Å²) < 4.78 is 25.7. The maximum absolute atomic E-state index is 13.0. The molecule has 1 aromatic rings. The van der Waals surface area contributed by atoms with Crippen LogP contribution in [-0.2, 0) is 0 Å². The normalized spacial score (nSPS) is 24.1. The van der Waals surface area contributed by atoms with Crippen molar-refractivity contribution >= 4 is 5.69 Å². The second-order valence-corrected chi connectivity index (χ2v) is 4.05. The largest absolute Gasteiger partial charge is 0.381 e. The molecule has 2 unspecified atom stereocenters. The zero-order valence-electron chi connectivity index (χ0n) is 8.71. The maximum atomic E-state index is 13.0. The summed E-state index contributed by atoms with van der Waals surface area (Å²) in [5, 5.41) is 12.0. The lowest BCUT2D eigenvalue weighted by Gasteiger charge is -2.16. The number of nitrogens with one attached hydrogen (secondary N) is 1. The first-order chi connectivity index (χ1) is 7.70. The van der Waals surface area contributed by atoms with Gasteiger partial charge in [-0.3, -0.25) is 0 Å². The van der Waals surface area contributed by atoms with Gasteiger partial charge in [0.2, 0.25) is 0 Å². The van der Waals surface area contributed by atoms with Crippen molar-refractivity contribution in [1.29, 1.82) is 5.26 Å². The minimum Gasteiger partial charge on any atom is -0.381 e. The summed E-state index contributed by atoms with van der Waals surface area (Å²) in [6, 6.07) is 5.99. The fraction of sp³-hybridized carbons (Fsp3) is 0.417. The van der Waals surface area contributed by atoms with Gasteiger partial charge in [-0.1, -0.05) is 0 Å². The van der Waals surface area contributed by atoms with Crippen LogP contribution in [0.25, 0.3) is 0 Å². The number of benzene rings is 1. The molecule has 1 aromatic carbocycles. The smallest absolute Gasteiger partial charge is 0.160 e. The minimum atomic E-state index is -0.864. The first-order valence-electron chi connectivity index (χ1n) is 5.32. The molecule has 4 heteroatoms. The third-order valence-corrected chi connectivity index (χ3v) is 2.95. The van der Waals surface area contributed by atoms with Crippen molar-refractivity contribution in [1.82, 2.24) is 0 Å². The molecule has 1 N–H and O–H groups in total. The van der Waals surface area contributed by atoms with E-state index in [9.17, 15) is 8.78 Å². The van der Waals surface area contributed by atoms with Gasteiger partial charge in [-0.25, -0.2) is 8.78 Å². The molecule has 0 amide bonds. The summed E-state index contributed by atoms with van der Waals surface area (Å²) in [6.45, 7) is 0. The Morgan fingerprint density at radius 1 is 1.25 bits per heavy atom. The molecular formula is C12H12F2N2. The Morgan fingerprint density at radius 3 is 2.75 bits per heavy atom. The van der Waals surface area contributed by atoms with E-state index >= 15 is 0 Å². The van der Waals surface area contributed by atoms with E-state index < -0.39 is 11.6 Å². The summed E-state index contributed by atoms with van der Waals surface area (Å²) in [7, 11) is 0. The highest BCUT2D eigenvalue weighted by atomic mass is 19.2. The Bertz CT molecular complexity index is 426. The van der Waals surface area contributed by atoms with Crippen molar-refractivity contribution in [3.8, 4) is 6.07 Å². The average Bonchev–Trinajstić information content (AvgIpc) is 2.71. The second kappa shape index (κ2) is 4.48. The van der Waals surface area contributed by atoms with Gasteiger partial charge in [0.1, 0.15) is 0 Å². The van der Waals surface area contributed by atoms with Crippen LogP contribution in [0, 0.1) is 28.9 Å². The Labute approximate surface area is 92.9 Å². The van der Waals surface area contributed by atoms with Crippen molar-refractivity contribution in [2.24, 2.45) is 5.92 Å². The molecule has 0 aliphatic heterocycles. The van der Waals surface area contributed by atoms with E-state index in [0.29, 0.717) is 5.69 Å². The van der Waals surface area contributed by atoms with E-state index in [-0.39, 0.29) is 12.0 Å². The number of hydrogen-bond acceptors (Lipinski definition) is 2. The fourth-order valence-corrected chi connectivity index (χ4v) is 2.09. The summed E-state index contributed by atoms with van der Waals surface area (Å²) in [5.74, 6) is -1.75. The second-order valence-electron chi connectivity index (χ2n) is 4.05. The van der Waals surface area contributed by atoms with Crippen molar-refractivity contribution in [3.05, 3.63) is 29.8 Å². The zero-order chi connectivity index (χ0) is 11.5. The van der Waals surface area contributed by atoms with Crippen LogP contribution in [0.15, 0.2) is 18.2 Å². The van der Waals surface area contributed by atoms with Crippen LogP contribution < -0.4 is 5.32 Å². The maximum Gasteiger partial charge on any atom is 0.160 e. The quantitative estimate of drug-likeness (QED) is 0.834. The van der Waals surface area contributed by atoms with Gasteiger partial charge in [-0.05, 0) is 31.4 Å². The average molecular weight is 222 g/mol. The molecule has 0 radical (unpaired) electrons. The molecule has 1 saturated carbocycles. The molecule has 0 heterocycles. The molecule has 84 valence electrons. The van der Waals surface area contributed by atoms with Gasteiger partial charge in [0.25, 0.3) is 0 Å². The van der Waals surface area contributed by atoms with Gasteiger partial charge >= 0.3 is 0 Å². The summed E-state index contributed by atoms with van der Waals surface area (Å²) in [5.41, 5.74) is 0.533. The molecular weight excluding hydrogens is 210 g/mol. The lowest BCUT2D eigenvalue weighted by molar-refractivity contribution is 0.508. The number of anilines is 1. The van der Waals surface area contributed by atoms with Gasteiger partial charge in [-0.15, -0.1) is 0 Å². The molecule has 0 spiro atoms. The van der Waals surface area contributed by atoms with Crippen LogP contribution in [0.3, 0.4) is 0 Å². The lowest BCUT2D eigenvalue weighted by atomic mass is 10.1. The Balaban J connectivity index is 2.09. The van der Waals surface area contributed by atoms with E-state index in [1.54, 1.807) is 0 Å². The number of nitriles is 1. The molecule has 1 fully saturated rings. The molecule has 2 rings (SSSR count). The van der Waals surface area contributed by atoms with Crippen molar-refractivity contribution < 1.29 is 8.78 Å². The van der Waals surface area contributed by atoms with Crippen molar-refractivity contribution in [2.75, 3.05) is 5.32 Å². The topological polar surface area (TPSA) is 35.8 Å².